The molecule has 1 rings (SSSR count). The van der Waals surface area contributed by atoms with Crippen molar-refractivity contribution in [2.75, 3.05) is 24.3 Å². The van der Waals surface area contributed by atoms with E-state index < -0.39 is 6.04 Å². The minimum atomic E-state index is -0.482. The lowest BCUT2D eigenvalue weighted by Gasteiger charge is -2.19. The second kappa shape index (κ2) is 6.61. The lowest BCUT2D eigenvalue weighted by molar-refractivity contribution is -0.117. The molecule has 0 aliphatic heterocycles. The van der Waals surface area contributed by atoms with Crippen molar-refractivity contribution >= 4 is 28.9 Å². The molecule has 0 aromatic heterocycles. The van der Waals surface area contributed by atoms with Gasteiger partial charge in [0.05, 0.1) is 17.4 Å². The van der Waals surface area contributed by atoms with Crippen molar-refractivity contribution in [2.24, 2.45) is 5.73 Å². The smallest absolute Gasteiger partial charge is 0.241 e. The summed E-state index contributed by atoms with van der Waals surface area (Å²) in [6.45, 7) is 2.00. The van der Waals surface area contributed by atoms with E-state index in [0.717, 1.165) is 12.1 Å². The van der Waals surface area contributed by atoms with E-state index >= 15 is 0 Å². The minimum absolute atomic E-state index is 0.179. The van der Waals surface area contributed by atoms with Gasteiger partial charge in [-0.15, -0.1) is 0 Å². The van der Waals surface area contributed by atoms with Crippen LogP contribution in [0.2, 0.25) is 5.02 Å². The van der Waals surface area contributed by atoms with Crippen molar-refractivity contribution in [3.8, 4) is 0 Å². The Hall–Kier alpha value is -1.26. The summed E-state index contributed by atoms with van der Waals surface area (Å²) in [7, 11) is 3.82. The van der Waals surface area contributed by atoms with Crippen LogP contribution in [0.1, 0.15) is 19.8 Å². The number of carbonyl (C=O) groups excluding carboxylic acids is 1. The molecule has 18 heavy (non-hydrogen) atoms. The first kappa shape index (κ1) is 14.8. The lowest BCUT2D eigenvalue weighted by atomic mass is 10.1. The number of nitrogens with zero attached hydrogens (tertiary/aromatic N) is 1. The fraction of sp³-hybridized carbons (Fsp3) is 0.462. The molecule has 5 heteroatoms. The molecule has 0 saturated heterocycles. The fourth-order valence-corrected chi connectivity index (χ4v) is 1.84. The van der Waals surface area contributed by atoms with Gasteiger partial charge in [-0.2, -0.15) is 0 Å². The van der Waals surface area contributed by atoms with E-state index in [1.54, 1.807) is 12.1 Å². The summed E-state index contributed by atoms with van der Waals surface area (Å²) in [5.41, 5.74) is 7.36. The summed E-state index contributed by atoms with van der Waals surface area (Å²) in [6, 6.07) is 4.90. The van der Waals surface area contributed by atoms with Crippen LogP contribution < -0.4 is 16.0 Å². The first-order valence-corrected chi connectivity index (χ1v) is 6.36. The third-order valence-electron chi connectivity index (χ3n) is 2.63. The molecular weight excluding hydrogens is 250 g/mol. The van der Waals surface area contributed by atoms with Gasteiger partial charge in [0.2, 0.25) is 5.91 Å². The molecule has 0 aliphatic carbocycles. The van der Waals surface area contributed by atoms with Crippen LogP contribution >= 0.6 is 11.6 Å². The highest BCUT2D eigenvalue weighted by atomic mass is 35.5. The maximum atomic E-state index is 11.9. The largest absolute Gasteiger partial charge is 0.376 e. The average Bonchev–Trinajstić information content (AvgIpc) is 2.28. The van der Waals surface area contributed by atoms with Gasteiger partial charge >= 0.3 is 0 Å². The van der Waals surface area contributed by atoms with Crippen LogP contribution in [0.3, 0.4) is 0 Å². The zero-order valence-electron chi connectivity index (χ0n) is 11.0. The Bertz CT molecular complexity index is 421. The van der Waals surface area contributed by atoms with E-state index in [2.05, 4.69) is 5.32 Å². The molecule has 0 aliphatic rings. The van der Waals surface area contributed by atoms with Crippen LogP contribution in [-0.4, -0.2) is 26.0 Å². The van der Waals surface area contributed by atoms with Gasteiger partial charge in [-0.05, 0) is 24.6 Å². The standard InChI is InChI=1S/C13H20ClN3O/c1-4-5-10(15)13(18)16-11-8-9(14)6-7-12(11)17(2)3/h6-8,10H,4-5,15H2,1-3H3,(H,16,18). The molecule has 1 amide bonds. The van der Waals surface area contributed by atoms with Gasteiger partial charge in [0.25, 0.3) is 0 Å². The molecule has 3 N–H and O–H groups in total. The summed E-state index contributed by atoms with van der Waals surface area (Å²) in [5.74, 6) is -0.179. The second-order valence-corrected chi connectivity index (χ2v) is 4.88. The number of nitrogens with one attached hydrogen (secondary N) is 1. The highest BCUT2D eigenvalue weighted by Crippen LogP contribution is 2.27. The Morgan fingerprint density at radius 1 is 1.50 bits per heavy atom. The van der Waals surface area contributed by atoms with Gasteiger partial charge in [-0.25, -0.2) is 0 Å². The number of halogens is 1. The summed E-state index contributed by atoms with van der Waals surface area (Å²) in [5, 5.41) is 3.41. The van der Waals surface area contributed by atoms with Crippen molar-refractivity contribution in [1.29, 1.82) is 0 Å². The van der Waals surface area contributed by atoms with Crippen LogP contribution in [0.5, 0.6) is 0 Å². The van der Waals surface area contributed by atoms with Gasteiger partial charge in [0.15, 0.2) is 0 Å². The van der Waals surface area contributed by atoms with Crippen molar-refractivity contribution < 1.29 is 4.79 Å². The quantitative estimate of drug-likeness (QED) is 0.863. The normalized spacial score (nSPS) is 12.1. The van der Waals surface area contributed by atoms with Crippen molar-refractivity contribution in [3.63, 3.8) is 0 Å². The predicted molar refractivity (Wildman–Crippen MR) is 77.3 cm³/mol. The molecule has 0 fully saturated rings. The maximum absolute atomic E-state index is 11.9. The Morgan fingerprint density at radius 2 is 2.17 bits per heavy atom. The average molecular weight is 270 g/mol. The van der Waals surface area contributed by atoms with Gasteiger partial charge in [0, 0.05) is 19.1 Å². The number of benzene rings is 1. The van der Waals surface area contributed by atoms with Crippen molar-refractivity contribution in [1.82, 2.24) is 0 Å². The van der Waals surface area contributed by atoms with E-state index in [1.165, 1.54) is 0 Å². The second-order valence-electron chi connectivity index (χ2n) is 4.44. The Labute approximate surface area is 113 Å². The van der Waals surface area contributed by atoms with E-state index in [4.69, 9.17) is 17.3 Å². The number of amides is 1. The Kier molecular flexibility index (Phi) is 5.44. The van der Waals surface area contributed by atoms with E-state index in [1.807, 2.05) is 32.0 Å². The van der Waals surface area contributed by atoms with E-state index in [0.29, 0.717) is 17.1 Å². The van der Waals surface area contributed by atoms with Crippen LogP contribution in [0, 0.1) is 0 Å². The topological polar surface area (TPSA) is 58.4 Å². The third kappa shape index (κ3) is 3.89. The summed E-state index contributed by atoms with van der Waals surface area (Å²) >= 11 is 5.94. The summed E-state index contributed by atoms with van der Waals surface area (Å²) in [6.07, 6.45) is 1.55. The SMILES string of the molecule is CCCC(N)C(=O)Nc1cc(Cl)ccc1N(C)C. The predicted octanol–water partition coefficient (Wildman–Crippen LogP) is 2.47. The van der Waals surface area contributed by atoms with Crippen LogP contribution in [0.25, 0.3) is 0 Å². The number of anilines is 2. The molecule has 0 heterocycles. The summed E-state index contributed by atoms with van der Waals surface area (Å²) in [4.78, 5) is 13.8. The summed E-state index contributed by atoms with van der Waals surface area (Å²) < 4.78 is 0. The van der Waals surface area contributed by atoms with Gasteiger partial charge < -0.3 is 16.0 Å². The monoisotopic (exact) mass is 269 g/mol. The van der Waals surface area contributed by atoms with Crippen molar-refractivity contribution in [3.05, 3.63) is 23.2 Å². The Balaban J connectivity index is 2.89. The fourth-order valence-electron chi connectivity index (χ4n) is 1.67. The van der Waals surface area contributed by atoms with Gasteiger partial charge in [0.1, 0.15) is 0 Å². The number of hydrogen-bond donors (Lipinski definition) is 2. The molecule has 0 saturated carbocycles. The van der Waals surface area contributed by atoms with Crippen LogP contribution in [-0.2, 0) is 4.79 Å². The van der Waals surface area contributed by atoms with Crippen molar-refractivity contribution in [2.45, 2.75) is 25.8 Å². The number of carbonyl (C=O) groups is 1. The highest BCUT2D eigenvalue weighted by Gasteiger charge is 2.15. The van der Waals surface area contributed by atoms with Crippen LogP contribution in [0.4, 0.5) is 11.4 Å². The molecular formula is C13H20ClN3O. The molecule has 100 valence electrons. The third-order valence-corrected chi connectivity index (χ3v) is 2.87. The maximum Gasteiger partial charge on any atom is 0.241 e. The van der Waals surface area contributed by atoms with E-state index in [9.17, 15) is 4.79 Å². The lowest BCUT2D eigenvalue weighted by Crippen LogP contribution is -2.35. The zero-order valence-corrected chi connectivity index (χ0v) is 11.8. The minimum Gasteiger partial charge on any atom is -0.376 e. The number of rotatable bonds is 5. The molecule has 1 unspecified atom stereocenters. The molecule has 0 radical (unpaired) electrons. The molecule has 1 atom stereocenters. The first-order valence-electron chi connectivity index (χ1n) is 5.99. The molecule has 0 spiro atoms. The highest BCUT2D eigenvalue weighted by molar-refractivity contribution is 6.31. The molecule has 4 nitrogen and oxygen atoms in total. The van der Waals surface area contributed by atoms with Gasteiger partial charge in [-0.3, -0.25) is 4.79 Å². The Morgan fingerprint density at radius 3 is 2.72 bits per heavy atom. The zero-order chi connectivity index (χ0) is 13.7. The van der Waals surface area contributed by atoms with E-state index in [-0.39, 0.29) is 5.91 Å². The van der Waals surface area contributed by atoms with Crippen LogP contribution in [0.15, 0.2) is 18.2 Å². The number of hydrogen-bond acceptors (Lipinski definition) is 3. The molecule has 1 aromatic carbocycles. The number of nitrogens with two attached hydrogens (primary N) is 1. The van der Waals surface area contributed by atoms with Gasteiger partial charge in [-0.1, -0.05) is 24.9 Å². The molecule has 1 aromatic rings. The molecule has 0 bridgehead atoms. The first-order chi connectivity index (χ1) is 8.45.